The number of guanidine groups is 1. The molecule has 1 aliphatic rings. The molecule has 1 heterocycles. The number of nitrogens with one attached hydrogen (secondary N) is 1. The number of nitrogens with zero attached hydrogens (tertiary/aromatic N) is 2. The summed E-state index contributed by atoms with van der Waals surface area (Å²) in [5, 5.41) is 3.11. The summed E-state index contributed by atoms with van der Waals surface area (Å²) in [7, 11) is 0. The predicted molar refractivity (Wildman–Crippen MR) is 97.0 cm³/mol. The maximum Gasteiger partial charge on any atom is 0.188 e. The van der Waals surface area contributed by atoms with Gasteiger partial charge in [0, 0.05) is 39.4 Å². The molecule has 0 aromatic heterocycles. The largest absolute Gasteiger partial charge is 0.382 e. The Morgan fingerprint density at radius 3 is 2.67 bits per heavy atom. The summed E-state index contributed by atoms with van der Waals surface area (Å²) in [6.07, 6.45) is 0.931. The molecule has 6 heteroatoms. The van der Waals surface area contributed by atoms with Crippen LogP contribution in [0.15, 0.2) is 29.3 Å². The summed E-state index contributed by atoms with van der Waals surface area (Å²) in [4.78, 5) is 6.79. The highest BCUT2D eigenvalue weighted by Gasteiger charge is 2.10. The summed E-state index contributed by atoms with van der Waals surface area (Å²) in [6, 6.07) is 8.60. The summed E-state index contributed by atoms with van der Waals surface area (Å²) >= 11 is 0. The number of rotatable bonds is 9. The summed E-state index contributed by atoms with van der Waals surface area (Å²) in [5.41, 5.74) is 8.36. The van der Waals surface area contributed by atoms with Gasteiger partial charge in [0.1, 0.15) is 0 Å². The van der Waals surface area contributed by atoms with Crippen LogP contribution in [0.5, 0.6) is 0 Å². The van der Waals surface area contributed by atoms with E-state index in [0.717, 1.165) is 59.0 Å². The van der Waals surface area contributed by atoms with Crippen LogP contribution in [0.2, 0.25) is 0 Å². The van der Waals surface area contributed by atoms with Crippen molar-refractivity contribution in [1.82, 2.24) is 10.2 Å². The van der Waals surface area contributed by atoms with E-state index in [9.17, 15) is 0 Å². The molecular formula is C18H30N4O2. The lowest BCUT2D eigenvalue weighted by atomic mass is 10.1. The molecule has 134 valence electrons. The first kappa shape index (κ1) is 18.7. The minimum atomic E-state index is 0.490. The fourth-order valence-electron chi connectivity index (χ4n) is 2.53. The molecule has 0 spiro atoms. The van der Waals surface area contributed by atoms with Crippen LogP contribution < -0.4 is 11.1 Å². The molecule has 1 aliphatic heterocycles. The third-order valence-electron chi connectivity index (χ3n) is 3.94. The van der Waals surface area contributed by atoms with E-state index in [1.807, 2.05) is 6.92 Å². The molecule has 1 fully saturated rings. The Kier molecular flexibility index (Phi) is 8.59. The third kappa shape index (κ3) is 7.29. The highest BCUT2D eigenvalue weighted by Crippen LogP contribution is 2.10. The molecule has 1 aromatic rings. The quantitative estimate of drug-likeness (QED) is 0.405. The molecule has 0 saturated carbocycles. The number of hydrogen-bond acceptors (Lipinski definition) is 4. The van der Waals surface area contributed by atoms with Crippen molar-refractivity contribution in [1.29, 1.82) is 0 Å². The van der Waals surface area contributed by atoms with Crippen LogP contribution in [-0.2, 0) is 22.6 Å². The van der Waals surface area contributed by atoms with E-state index in [1.54, 1.807) is 0 Å². The number of aliphatic imine (C=N–C) groups is 1. The Morgan fingerprint density at radius 1 is 1.25 bits per heavy atom. The third-order valence-corrected chi connectivity index (χ3v) is 3.94. The maximum absolute atomic E-state index is 5.87. The van der Waals surface area contributed by atoms with Crippen LogP contribution in [0.1, 0.15) is 24.5 Å². The number of benzene rings is 1. The van der Waals surface area contributed by atoms with Crippen molar-refractivity contribution in [3.8, 4) is 0 Å². The summed E-state index contributed by atoms with van der Waals surface area (Å²) in [6.45, 7) is 9.57. The van der Waals surface area contributed by atoms with Gasteiger partial charge in [0.25, 0.3) is 0 Å². The van der Waals surface area contributed by atoms with Gasteiger partial charge in [-0.15, -0.1) is 0 Å². The van der Waals surface area contributed by atoms with Crippen LogP contribution in [0.3, 0.4) is 0 Å². The Morgan fingerprint density at radius 2 is 1.96 bits per heavy atom. The number of ether oxygens (including phenoxy) is 2. The van der Waals surface area contributed by atoms with E-state index in [2.05, 4.69) is 39.5 Å². The van der Waals surface area contributed by atoms with Crippen molar-refractivity contribution in [2.75, 3.05) is 46.1 Å². The van der Waals surface area contributed by atoms with Crippen LogP contribution in [0.25, 0.3) is 0 Å². The van der Waals surface area contributed by atoms with Crippen molar-refractivity contribution < 1.29 is 9.47 Å². The second-order valence-corrected chi connectivity index (χ2v) is 5.88. The van der Waals surface area contributed by atoms with Gasteiger partial charge in [-0.25, -0.2) is 4.99 Å². The lowest BCUT2D eigenvalue weighted by Crippen LogP contribution is -2.35. The number of morpholine rings is 1. The lowest BCUT2D eigenvalue weighted by Gasteiger charge is -2.26. The zero-order chi connectivity index (χ0) is 17.0. The Bertz CT molecular complexity index is 484. The van der Waals surface area contributed by atoms with Crippen molar-refractivity contribution in [3.05, 3.63) is 35.4 Å². The number of nitrogens with two attached hydrogens (primary N) is 1. The molecule has 0 atom stereocenters. The van der Waals surface area contributed by atoms with E-state index < -0.39 is 0 Å². The van der Waals surface area contributed by atoms with Gasteiger partial charge in [0.05, 0.1) is 19.8 Å². The van der Waals surface area contributed by atoms with E-state index in [0.29, 0.717) is 12.5 Å². The minimum Gasteiger partial charge on any atom is -0.382 e. The van der Waals surface area contributed by atoms with Crippen molar-refractivity contribution in [2.45, 2.75) is 26.4 Å². The zero-order valence-electron chi connectivity index (χ0n) is 14.7. The second kappa shape index (κ2) is 11.0. The van der Waals surface area contributed by atoms with Crippen molar-refractivity contribution >= 4 is 5.96 Å². The molecule has 0 bridgehead atoms. The summed E-state index contributed by atoms with van der Waals surface area (Å²) in [5.74, 6) is 0.490. The van der Waals surface area contributed by atoms with Gasteiger partial charge in [0.15, 0.2) is 5.96 Å². The molecule has 6 nitrogen and oxygen atoms in total. The fraction of sp³-hybridized carbons (Fsp3) is 0.611. The highest BCUT2D eigenvalue weighted by molar-refractivity contribution is 5.77. The Balaban J connectivity index is 1.69. The maximum atomic E-state index is 5.87. The Hall–Kier alpha value is -1.63. The van der Waals surface area contributed by atoms with Crippen LogP contribution >= 0.6 is 0 Å². The normalized spacial score (nSPS) is 16.3. The minimum absolute atomic E-state index is 0.490. The first-order chi connectivity index (χ1) is 11.8. The van der Waals surface area contributed by atoms with Crippen LogP contribution in [0.4, 0.5) is 0 Å². The van der Waals surface area contributed by atoms with E-state index in [-0.39, 0.29) is 0 Å². The molecule has 24 heavy (non-hydrogen) atoms. The summed E-state index contributed by atoms with van der Waals surface area (Å²) < 4.78 is 10.7. The highest BCUT2D eigenvalue weighted by atomic mass is 16.5. The molecule has 0 unspecified atom stereocenters. The van der Waals surface area contributed by atoms with E-state index >= 15 is 0 Å². The van der Waals surface area contributed by atoms with Gasteiger partial charge < -0.3 is 20.5 Å². The van der Waals surface area contributed by atoms with Crippen molar-refractivity contribution in [2.24, 2.45) is 10.7 Å². The topological polar surface area (TPSA) is 72.1 Å². The van der Waals surface area contributed by atoms with Gasteiger partial charge in [-0.1, -0.05) is 24.3 Å². The van der Waals surface area contributed by atoms with Gasteiger partial charge in [-0.05, 0) is 24.5 Å². The predicted octanol–water partition coefficient (Wildman–Crippen LogP) is 1.35. The van der Waals surface area contributed by atoms with E-state index in [4.69, 9.17) is 15.2 Å². The van der Waals surface area contributed by atoms with Gasteiger partial charge in [0.2, 0.25) is 0 Å². The molecule has 0 aliphatic carbocycles. The number of hydrogen-bond donors (Lipinski definition) is 2. The molecule has 0 amide bonds. The SMILES string of the molecule is CCOCCCNC(N)=NCc1ccc(CN2CCOCC2)cc1. The first-order valence-electron chi connectivity index (χ1n) is 8.77. The standard InChI is InChI=1S/C18H30N4O2/c1-2-23-11-3-8-20-18(19)21-14-16-4-6-17(7-5-16)15-22-9-12-24-13-10-22/h4-7H,2-3,8-15H2,1H3,(H3,19,20,21). The average Bonchev–Trinajstić information content (AvgIpc) is 2.62. The van der Waals surface area contributed by atoms with Gasteiger partial charge in [-0.3, -0.25) is 4.90 Å². The molecule has 1 saturated heterocycles. The van der Waals surface area contributed by atoms with Crippen molar-refractivity contribution in [3.63, 3.8) is 0 Å². The zero-order valence-corrected chi connectivity index (χ0v) is 14.7. The van der Waals surface area contributed by atoms with Crippen LogP contribution in [0, 0.1) is 0 Å². The second-order valence-electron chi connectivity index (χ2n) is 5.88. The smallest absolute Gasteiger partial charge is 0.188 e. The lowest BCUT2D eigenvalue weighted by molar-refractivity contribution is 0.0342. The van der Waals surface area contributed by atoms with E-state index in [1.165, 1.54) is 11.1 Å². The first-order valence-corrected chi connectivity index (χ1v) is 8.77. The molecular weight excluding hydrogens is 304 g/mol. The molecule has 2 rings (SSSR count). The molecule has 1 aromatic carbocycles. The molecule has 3 N–H and O–H groups in total. The fourth-order valence-corrected chi connectivity index (χ4v) is 2.53. The van der Waals surface area contributed by atoms with Crippen LogP contribution in [-0.4, -0.2) is 56.9 Å². The molecule has 0 radical (unpaired) electrons. The average molecular weight is 334 g/mol. The monoisotopic (exact) mass is 334 g/mol. The Labute approximate surface area is 145 Å². The van der Waals surface area contributed by atoms with Gasteiger partial charge >= 0.3 is 0 Å². The van der Waals surface area contributed by atoms with Gasteiger partial charge in [-0.2, -0.15) is 0 Å².